The van der Waals surface area contributed by atoms with Crippen molar-refractivity contribution in [3.8, 4) is 0 Å². The summed E-state index contributed by atoms with van der Waals surface area (Å²) in [5.41, 5.74) is 0.577. The van der Waals surface area contributed by atoms with Crippen LogP contribution in [0, 0.1) is 5.92 Å². The molecule has 0 spiro atoms. The number of aromatic nitrogens is 1. The average molecular weight is 218 g/mol. The van der Waals surface area contributed by atoms with Crippen LogP contribution < -0.4 is 0 Å². The summed E-state index contributed by atoms with van der Waals surface area (Å²) in [4.78, 5) is 3.89. The van der Waals surface area contributed by atoms with Gasteiger partial charge in [-0.25, -0.2) is 4.98 Å². The number of nitrogens with zero attached hydrogens (tertiary/aromatic N) is 1. The lowest BCUT2D eigenvalue weighted by Crippen LogP contribution is -2.02. The van der Waals surface area contributed by atoms with Gasteiger partial charge in [0.05, 0.1) is 11.1 Å². The van der Waals surface area contributed by atoms with Crippen molar-refractivity contribution in [1.82, 2.24) is 4.98 Å². The van der Waals surface area contributed by atoms with Crippen LogP contribution in [0.3, 0.4) is 0 Å². The fourth-order valence-corrected chi connectivity index (χ4v) is 1.91. The van der Waals surface area contributed by atoms with E-state index in [1.54, 1.807) is 6.07 Å². The van der Waals surface area contributed by atoms with Crippen molar-refractivity contribution in [2.24, 2.45) is 5.92 Å². The van der Waals surface area contributed by atoms with Crippen LogP contribution in [0.5, 0.6) is 0 Å². The van der Waals surface area contributed by atoms with E-state index in [0.29, 0.717) is 21.7 Å². The van der Waals surface area contributed by atoms with Crippen LogP contribution in [0.4, 0.5) is 0 Å². The minimum atomic E-state index is -0.548. The lowest BCUT2D eigenvalue weighted by atomic mass is 10.1. The Balaban J connectivity index is 2.36. The van der Waals surface area contributed by atoms with Gasteiger partial charge in [0.1, 0.15) is 5.15 Å². The molecule has 0 aromatic carbocycles. The van der Waals surface area contributed by atoms with Gasteiger partial charge in [-0.2, -0.15) is 0 Å². The van der Waals surface area contributed by atoms with Crippen LogP contribution in [0.2, 0.25) is 10.2 Å². The van der Waals surface area contributed by atoms with E-state index >= 15 is 0 Å². The molecule has 1 aliphatic rings. The van der Waals surface area contributed by atoms with Crippen molar-refractivity contribution in [3.63, 3.8) is 0 Å². The summed E-state index contributed by atoms with van der Waals surface area (Å²) in [6, 6.07) is 1.65. The first-order valence-corrected chi connectivity index (χ1v) is 4.93. The van der Waals surface area contributed by atoms with Crippen LogP contribution >= 0.6 is 23.2 Å². The van der Waals surface area contributed by atoms with Crippen molar-refractivity contribution in [2.45, 2.75) is 18.9 Å². The molecule has 0 amide bonds. The van der Waals surface area contributed by atoms with E-state index in [4.69, 9.17) is 23.2 Å². The largest absolute Gasteiger partial charge is 0.388 e. The fourth-order valence-electron chi connectivity index (χ4n) is 1.34. The molecule has 0 radical (unpaired) electrons. The second-order valence-electron chi connectivity index (χ2n) is 3.28. The summed E-state index contributed by atoms with van der Waals surface area (Å²) in [7, 11) is 0. The highest BCUT2D eigenvalue weighted by atomic mass is 35.5. The minimum Gasteiger partial charge on any atom is -0.388 e. The molecule has 1 unspecified atom stereocenters. The summed E-state index contributed by atoms with van der Waals surface area (Å²) in [5, 5.41) is 10.6. The average Bonchev–Trinajstić information content (AvgIpc) is 2.85. The Labute approximate surface area is 86.5 Å². The van der Waals surface area contributed by atoms with E-state index < -0.39 is 6.10 Å². The van der Waals surface area contributed by atoms with Gasteiger partial charge in [-0.1, -0.05) is 23.2 Å². The number of aliphatic hydroxyl groups is 1. The normalized spacial score (nSPS) is 18.7. The molecule has 1 N–H and O–H groups in total. The molecule has 1 heterocycles. The lowest BCUT2D eigenvalue weighted by molar-refractivity contribution is 0.153. The second-order valence-corrected chi connectivity index (χ2v) is 4.04. The van der Waals surface area contributed by atoms with Crippen molar-refractivity contribution in [2.75, 3.05) is 0 Å². The molecule has 1 aromatic rings. The number of pyridine rings is 1. The van der Waals surface area contributed by atoms with Gasteiger partial charge in [-0.05, 0) is 24.8 Å². The van der Waals surface area contributed by atoms with Crippen LogP contribution in [0.25, 0.3) is 0 Å². The molecule has 2 nitrogen and oxygen atoms in total. The summed E-state index contributed by atoms with van der Waals surface area (Å²) < 4.78 is 0. The number of halogens is 2. The topological polar surface area (TPSA) is 33.1 Å². The monoisotopic (exact) mass is 217 g/mol. The molecule has 1 aliphatic carbocycles. The molecule has 13 heavy (non-hydrogen) atoms. The molecule has 4 heteroatoms. The molecule has 2 rings (SSSR count). The summed E-state index contributed by atoms with van der Waals surface area (Å²) in [5.74, 6) is 0.319. The van der Waals surface area contributed by atoms with Crippen molar-refractivity contribution >= 4 is 23.2 Å². The molecule has 1 aromatic heterocycles. The van der Waals surface area contributed by atoms with Crippen LogP contribution in [-0.2, 0) is 0 Å². The predicted octanol–water partition coefficient (Wildman–Crippen LogP) is 2.83. The second kappa shape index (κ2) is 3.45. The molecule has 70 valence electrons. The first kappa shape index (κ1) is 9.25. The van der Waals surface area contributed by atoms with Gasteiger partial charge in [-0.15, -0.1) is 0 Å². The number of aliphatic hydroxyl groups excluding tert-OH is 1. The molecule has 1 atom stereocenters. The Hall–Kier alpha value is -0.310. The van der Waals surface area contributed by atoms with Gasteiger partial charge in [0.25, 0.3) is 0 Å². The summed E-state index contributed by atoms with van der Waals surface area (Å²) in [6.07, 6.45) is 3.08. The summed E-state index contributed by atoms with van der Waals surface area (Å²) in [6.45, 7) is 0. The van der Waals surface area contributed by atoms with E-state index in [0.717, 1.165) is 12.8 Å². The zero-order valence-electron chi connectivity index (χ0n) is 6.87. The lowest BCUT2D eigenvalue weighted by Gasteiger charge is -2.12. The third-order valence-electron chi connectivity index (χ3n) is 2.25. The Kier molecular flexibility index (Phi) is 2.45. The maximum absolute atomic E-state index is 9.81. The molecular weight excluding hydrogens is 209 g/mol. The highest BCUT2D eigenvalue weighted by Crippen LogP contribution is 2.44. The highest BCUT2D eigenvalue weighted by Gasteiger charge is 2.33. The van der Waals surface area contributed by atoms with Gasteiger partial charge >= 0.3 is 0 Å². The van der Waals surface area contributed by atoms with Gasteiger partial charge in [-0.3, -0.25) is 0 Å². The number of rotatable bonds is 2. The van der Waals surface area contributed by atoms with Gasteiger partial charge < -0.3 is 5.11 Å². The number of hydrogen-bond donors (Lipinski definition) is 1. The van der Waals surface area contributed by atoms with Gasteiger partial charge in [0.2, 0.25) is 0 Å². The molecular formula is C9H9Cl2NO. The molecule has 1 fully saturated rings. The number of hydrogen-bond acceptors (Lipinski definition) is 2. The van der Waals surface area contributed by atoms with Crippen LogP contribution in [-0.4, -0.2) is 10.1 Å². The molecule has 0 bridgehead atoms. The van der Waals surface area contributed by atoms with Gasteiger partial charge in [0.15, 0.2) is 0 Å². The molecule has 0 aliphatic heterocycles. The SMILES string of the molecule is OC(c1c(Cl)ccnc1Cl)C1CC1. The quantitative estimate of drug-likeness (QED) is 0.774. The van der Waals surface area contributed by atoms with Crippen molar-refractivity contribution < 1.29 is 5.11 Å². The van der Waals surface area contributed by atoms with E-state index in [1.807, 2.05) is 0 Å². The van der Waals surface area contributed by atoms with E-state index in [-0.39, 0.29) is 0 Å². The minimum absolute atomic E-state index is 0.312. The first-order chi connectivity index (χ1) is 6.20. The highest BCUT2D eigenvalue weighted by molar-refractivity contribution is 6.35. The fraction of sp³-hybridized carbons (Fsp3) is 0.444. The van der Waals surface area contributed by atoms with E-state index in [1.165, 1.54) is 6.20 Å². The Morgan fingerprint density at radius 3 is 2.69 bits per heavy atom. The Morgan fingerprint density at radius 2 is 2.15 bits per heavy atom. The van der Waals surface area contributed by atoms with Crippen molar-refractivity contribution in [3.05, 3.63) is 28.0 Å². The zero-order valence-corrected chi connectivity index (χ0v) is 8.39. The predicted molar refractivity (Wildman–Crippen MR) is 51.9 cm³/mol. The van der Waals surface area contributed by atoms with E-state index in [9.17, 15) is 5.11 Å². The van der Waals surface area contributed by atoms with Crippen LogP contribution in [0.15, 0.2) is 12.3 Å². The van der Waals surface area contributed by atoms with E-state index in [2.05, 4.69) is 4.98 Å². The maximum atomic E-state index is 9.81. The third kappa shape index (κ3) is 1.80. The summed E-state index contributed by atoms with van der Waals surface area (Å²) >= 11 is 11.8. The maximum Gasteiger partial charge on any atom is 0.136 e. The van der Waals surface area contributed by atoms with Gasteiger partial charge in [0, 0.05) is 11.8 Å². The third-order valence-corrected chi connectivity index (χ3v) is 2.88. The van der Waals surface area contributed by atoms with Crippen molar-refractivity contribution in [1.29, 1.82) is 0 Å². The zero-order chi connectivity index (χ0) is 9.42. The Morgan fingerprint density at radius 1 is 1.46 bits per heavy atom. The smallest absolute Gasteiger partial charge is 0.136 e. The Bertz CT molecular complexity index is 305. The molecule has 0 saturated heterocycles. The molecule has 1 saturated carbocycles. The standard InChI is InChI=1S/C9H9Cl2NO/c10-6-3-4-12-9(11)7(6)8(13)5-1-2-5/h3-5,8,13H,1-2H2. The van der Waals surface area contributed by atoms with Crippen LogP contribution in [0.1, 0.15) is 24.5 Å². The first-order valence-electron chi connectivity index (χ1n) is 4.18.